The molecule has 1 aromatic heterocycles. The third-order valence-corrected chi connectivity index (χ3v) is 3.32. The zero-order chi connectivity index (χ0) is 14.6. The molecule has 0 amide bonds. The van der Waals surface area contributed by atoms with E-state index in [-0.39, 0.29) is 5.60 Å². The number of hydrogen-bond acceptors (Lipinski definition) is 6. The van der Waals surface area contributed by atoms with E-state index in [0.29, 0.717) is 30.4 Å². The lowest BCUT2D eigenvalue weighted by molar-refractivity contribution is -0.0555. The number of nitrogens with one attached hydrogen (secondary N) is 2. The van der Waals surface area contributed by atoms with Crippen LogP contribution in [0.2, 0.25) is 0 Å². The van der Waals surface area contributed by atoms with Crippen LogP contribution in [0, 0.1) is 5.92 Å². The Morgan fingerprint density at radius 1 is 1.35 bits per heavy atom. The number of aromatic nitrogens is 2. The third-order valence-electron chi connectivity index (χ3n) is 3.32. The monoisotopic (exact) mass is 282 g/mol. The van der Waals surface area contributed by atoms with Gasteiger partial charge in [-0.25, -0.2) is 0 Å². The van der Waals surface area contributed by atoms with Gasteiger partial charge in [-0.05, 0) is 39.2 Å². The van der Waals surface area contributed by atoms with E-state index < -0.39 is 0 Å². The van der Waals surface area contributed by atoms with Gasteiger partial charge in [-0.3, -0.25) is 0 Å². The zero-order valence-corrected chi connectivity index (χ0v) is 12.9. The van der Waals surface area contributed by atoms with Gasteiger partial charge in [-0.15, -0.1) is 5.10 Å². The molecule has 2 heterocycles. The Hall–Kier alpha value is -1.14. The molecule has 0 saturated carbocycles. The van der Waals surface area contributed by atoms with E-state index in [1.807, 2.05) is 0 Å². The first-order valence-electron chi connectivity index (χ1n) is 7.38. The first-order valence-corrected chi connectivity index (χ1v) is 7.38. The third kappa shape index (κ3) is 4.76. The van der Waals surface area contributed by atoms with Crippen LogP contribution >= 0.6 is 0 Å². The largest absolute Gasteiger partial charge is 0.407 e. The van der Waals surface area contributed by atoms with Crippen LogP contribution in [0.5, 0.6) is 0 Å². The van der Waals surface area contributed by atoms with Crippen LogP contribution < -0.4 is 10.6 Å². The highest BCUT2D eigenvalue weighted by atomic mass is 16.5. The fraction of sp³-hybridized carbons (Fsp3) is 0.857. The molecule has 114 valence electrons. The van der Waals surface area contributed by atoms with Crippen molar-refractivity contribution in [3.63, 3.8) is 0 Å². The summed E-state index contributed by atoms with van der Waals surface area (Å²) < 4.78 is 11.3. The van der Waals surface area contributed by atoms with Crippen molar-refractivity contribution in [3.8, 4) is 0 Å². The summed E-state index contributed by atoms with van der Waals surface area (Å²) in [6.07, 6.45) is 1.91. The van der Waals surface area contributed by atoms with Crippen molar-refractivity contribution < 1.29 is 9.15 Å². The number of rotatable bonds is 6. The van der Waals surface area contributed by atoms with Crippen molar-refractivity contribution in [2.75, 3.05) is 18.5 Å². The van der Waals surface area contributed by atoms with E-state index in [9.17, 15) is 0 Å². The van der Waals surface area contributed by atoms with E-state index in [2.05, 4.69) is 48.5 Å². The highest BCUT2D eigenvalue weighted by molar-refractivity contribution is 5.20. The average molecular weight is 282 g/mol. The van der Waals surface area contributed by atoms with Gasteiger partial charge >= 0.3 is 6.01 Å². The zero-order valence-electron chi connectivity index (χ0n) is 12.9. The quantitative estimate of drug-likeness (QED) is 0.833. The van der Waals surface area contributed by atoms with E-state index in [4.69, 9.17) is 9.15 Å². The van der Waals surface area contributed by atoms with Gasteiger partial charge in [0.15, 0.2) is 0 Å². The van der Waals surface area contributed by atoms with E-state index in [1.54, 1.807) is 0 Å². The number of hydrogen-bond donors (Lipinski definition) is 2. The van der Waals surface area contributed by atoms with E-state index in [1.165, 1.54) is 0 Å². The molecular formula is C14H26N4O2. The van der Waals surface area contributed by atoms with Crippen LogP contribution in [0.1, 0.15) is 46.4 Å². The molecule has 1 fully saturated rings. The minimum atomic E-state index is -0.0857. The van der Waals surface area contributed by atoms with Gasteiger partial charge in [0.05, 0.1) is 12.1 Å². The van der Waals surface area contributed by atoms with Crippen LogP contribution in [0.3, 0.4) is 0 Å². The van der Waals surface area contributed by atoms with Gasteiger partial charge in [0, 0.05) is 12.6 Å². The van der Waals surface area contributed by atoms with E-state index in [0.717, 1.165) is 26.0 Å². The highest BCUT2D eigenvalue weighted by Gasteiger charge is 2.29. The van der Waals surface area contributed by atoms with Crippen molar-refractivity contribution in [3.05, 3.63) is 5.89 Å². The molecule has 1 saturated heterocycles. The Kier molecular flexibility index (Phi) is 4.99. The number of ether oxygens (including phenoxy) is 1. The maximum Gasteiger partial charge on any atom is 0.315 e. The van der Waals surface area contributed by atoms with Crippen molar-refractivity contribution in [2.24, 2.45) is 5.92 Å². The molecule has 1 aromatic rings. The van der Waals surface area contributed by atoms with Gasteiger partial charge in [0.1, 0.15) is 0 Å². The lowest BCUT2D eigenvalue weighted by Gasteiger charge is -2.35. The molecule has 1 unspecified atom stereocenters. The molecule has 0 spiro atoms. The SMILES string of the molecule is CC(C)CNCc1nnc(NC2CCOC(C)(C)C2)o1. The summed E-state index contributed by atoms with van der Waals surface area (Å²) >= 11 is 0. The Morgan fingerprint density at radius 3 is 2.85 bits per heavy atom. The van der Waals surface area contributed by atoms with Crippen LogP contribution in [0.15, 0.2) is 4.42 Å². The fourth-order valence-corrected chi connectivity index (χ4v) is 2.38. The smallest absolute Gasteiger partial charge is 0.315 e. The fourth-order valence-electron chi connectivity index (χ4n) is 2.38. The van der Waals surface area contributed by atoms with E-state index >= 15 is 0 Å². The Morgan fingerprint density at radius 2 is 2.15 bits per heavy atom. The molecule has 1 atom stereocenters. The summed E-state index contributed by atoms with van der Waals surface area (Å²) in [7, 11) is 0. The van der Waals surface area contributed by atoms with Crippen molar-refractivity contribution in [1.29, 1.82) is 0 Å². The predicted molar refractivity (Wildman–Crippen MR) is 77.5 cm³/mol. The minimum absolute atomic E-state index is 0.0857. The first kappa shape index (κ1) is 15.3. The van der Waals surface area contributed by atoms with Crippen LogP contribution in [-0.4, -0.2) is 35.0 Å². The summed E-state index contributed by atoms with van der Waals surface area (Å²) in [5.74, 6) is 1.24. The van der Waals surface area contributed by atoms with Crippen molar-refractivity contribution in [2.45, 2.75) is 58.7 Å². The summed E-state index contributed by atoms with van der Waals surface area (Å²) in [5.41, 5.74) is -0.0857. The molecular weight excluding hydrogens is 256 g/mol. The Labute approximate surface area is 120 Å². The molecule has 20 heavy (non-hydrogen) atoms. The van der Waals surface area contributed by atoms with Gasteiger partial charge in [0.25, 0.3) is 0 Å². The molecule has 2 N–H and O–H groups in total. The van der Waals surface area contributed by atoms with Crippen LogP contribution in [0.25, 0.3) is 0 Å². The Balaban J connectivity index is 1.80. The minimum Gasteiger partial charge on any atom is -0.407 e. The molecule has 0 radical (unpaired) electrons. The average Bonchev–Trinajstić information content (AvgIpc) is 2.75. The lowest BCUT2D eigenvalue weighted by atomic mass is 9.94. The summed E-state index contributed by atoms with van der Waals surface area (Å²) in [6, 6.07) is 0.838. The van der Waals surface area contributed by atoms with Crippen LogP contribution in [-0.2, 0) is 11.3 Å². The first-order chi connectivity index (χ1) is 9.44. The second kappa shape index (κ2) is 6.54. The molecule has 0 aromatic carbocycles. The maximum atomic E-state index is 5.70. The second-order valence-electron chi connectivity index (χ2n) is 6.47. The molecule has 2 rings (SSSR count). The van der Waals surface area contributed by atoms with Gasteiger partial charge in [0.2, 0.25) is 5.89 Å². The van der Waals surface area contributed by atoms with Crippen molar-refractivity contribution in [1.82, 2.24) is 15.5 Å². The number of anilines is 1. The Bertz CT molecular complexity index is 417. The number of nitrogens with zero attached hydrogens (tertiary/aromatic N) is 2. The molecule has 6 nitrogen and oxygen atoms in total. The van der Waals surface area contributed by atoms with Gasteiger partial charge in [-0.2, -0.15) is 0 Å². The molecule has 1 aliphatic rings. The standard InChI is InChI=1S/C14H26N4O2/c1-10(2)8-15-9-12-17-18-13(20-12)16-11-5-6-19-14(3,4)7-11/h10-11,15H,5-9H2,1-4H3,(H,16,18). The molecule has 1 aliphatic heterocycles. The summed E-state index contributed by atoms with van der Waals surface area (Å²) in [6.45, 7) is 10.9. The lowest BCUT2D eigenvalue weighted by Crippen LogP contribution is -2.40. The molecule has 0 aliphatic carbocycles. The van der Waals surface area contributed by atoms with Crippen molar-refractivity contribution >= 4 is 6.01 Å². The second-order valence-corrected chi connectivity index (χ2v) is 6.47. The van der Waals surface area contributed by atoms with Gasteiger partial charge < -0.3 is 19.8 Å². The van der Waals surface area contributed by atoms with Gasteiger partial charge in [-0.1, -0.05) is 18.9 Å². The topological polar surface area (TPSA) is 72.2 Å². The molecule has 0 bridgehead atoms. The summed E-state index contributed by atoms with van der Waals surface area (Å²) in [4.78, 5) is 0. The highest BCUT2D eigenvalue weighted by Crippen LogP contribution is 2.25. The van der Waals surface area contributed by atoms with Crippen LogP contribution in [0.4, 0.5) is 6.01 Å². The molecule has 6 heteroatoms. The summed E-state index contributed by atoms with van der Waals surface area (Å²) in [5, 5.41) is 14.7. The normalized spacial score (nSPS) is 22.1. The maximum absolute atomic E-state index is 5.70. The predicted octanol–water partition coefficient (Wildman–Crippen LogP) is 2.18.